The molecule has 6 heteroatoms. The van der Waals surface area contributed by atoms with E-state index in [9.17, 15) is 9.59 Å². The Balaban J connectivity index is 1.55. The van der Waals surface area contributed by atoms with Gasteiger partial charge in [0, 0.05) is 0 Å². The fraction of sp³-hybridized carbons (Fsp3) is 0.300. The van der Waals surface area contributed by atoms with Crippen molar-refractivity contribution in [1.29, 1.82) is 0 Å². The summed E-state index contributed by atoms with van der Waals surface area (Å²) in [6, 6.07) is 14.5. The van der Waals surface area contributed by atoms with E-state index in [1.54, 1.807) is 24.3 Å². The van der Waals surface area contributed by atoms with Crippen molar-refractivity contribution in [2.75, 3.05) is 18.6 Å². The van der Waals surface area contributed by atoms with Crippen LogP contribution in [0.2, 0.25) is 0 Å². The Morgan fingerprint density at radius 2 is 1.50 bits per heavy atom. The van der Waals surface area contributed by atoms with Gasteiger partial charge in [0.2, 0.25) is 0 Å². The maximum absolute atomic E-state index is 12.2. The number of hydrogen-bond donors (Lipinski definition) is 0. The van der Waals surface area contributed by atoms with Crippen LogP contribution in [0.5, 0.6) is 0 Å². The first kappa shape index (κ1) is 18.9. The third kappa shape index (κ3) is 4.83. The van der Waals surface area contributed by atoms with E-state index in [4.69, 9.17) is 4.74 Å². The fourth-order valence-corrected chi connectivity index (χ4v) is 5.44. The van der Waals surface area contributed by atoms with Gasteiger partial charge in [0.15, 0.2) is 0 Å². The topological polar surface area (TPSA) is 52.6 Å². The van der Waals surface area contributed by atoms with E-state index in [1.807, 2.05) is 47.8 Å². The number of carbonyl (C=O) groups is 2. The average Bonchev–Trinajstić information content (AvgIpc) is 2.72. The molecule has 2 aromatic rings. The Kier molecular flexibility index (Phi) is 6.63. The van der Waals surface area contributed by atoms with Crippen LogP contribution in [0, 0.1) is 0 Å². The van der Waals surface area contributed by atoms with Gasteiger partial charge in [0.25, 0.3) is 0 Å². The second-order valence-corrected chi connectivity index (χ2v) is 8.54. The maximum atomic E-state index is 12.2. The van der Waals surface area contributed by atoms with E-state index < -0.39 is 0 Å². The van der Waals surface area contributed by atoms with Gasteiger partial charge in [-0.3, -0.25) is 0 Å². The number of benzene rings is 2. The lowest BCUT2D eigenvalue weighted by atomic mass is 10.1. The van der Waals surface area contributed by atoms with E-state index in [1.165, 1.54) is 30.6 Å². The SMILES string of the molecule is COC(=O)c1ccc(COC(=O)c2ccc(C3SCCCS3)cc2)cc1. The van der Waals surface area contributed by atoms with Gasteiger partial charge < -0.3 is 9.47 Å². The Morgan fingerprint density at radius 1 is 0.923 bits per heavy atom. The van der Waals surface area contributed by atoms with Crippen LogP contribution in [0.15, 0.2) is 48.5 Å². The van der Waals surface area contributed by atoms with Gasteiger partial charge in [-0.2, -0.15) is 0 Å². The molecule has 3 rings (SSSR count). The van der Waals surface area contributed by atoms with Crippen LogP contribution in [0.3, 0.4) is 0 Å². The van der Waals surface area contributed by atoms with E-state index in [0.29, 0.717) is 15.7 Å². The van der Waals surface area contributed by atoms with Crippen molar-refractivity contribution >= 4 is 35.5 Å². The summed E-state index contributed by atoms with van der Waals surface area (Å²) in [7, 11) is 1.34. The summed E-state index contributed by atoms with van der Waals surface area (Å²) >= 11 is 3.91. The summed E-state index contributed by atoms with van der Waals surface area (Å²) in [5.74, 6) is 1.65. The lowest BCUT2D eigenvalue weighted by molar-refractivity contribution is 0.0471. The predicted molar refractivity (Wildman–Crippen MR) is 106 cm³/mol. The number of ether oxygens (including phenoxy) is 2. The molecule has 26 heavy (non-hydrogen) atoms. The molecule has 0 aliphatic carbocycles. The van der Waals surface area contributed by atoms with Gasteiger partial charge in [-0.15, -0.1) is 23.5 Å². The van der Waals surface area contributed by atoms with Gasteiger partial charge in [0.1, 0.15) is 6.61 Å². The Morgan fingerprint density at radius 3 is 2.12 bits per heavy atom. The van der Waals surface area contributed by atoms with E-state index in [0.717, 1.165) is 5.56 Å². The zero-order valence-corrected chi connectivity index (χ0v) is 16.1. The van der Waals surface area contributed by atoms with Crippen molar-refractivity contribution < 1.29 is 19.1 Å². The van der Waals surface area contributed by atoms with Crippen molar-refractivity contribution in [1.82, 2.24) is 0 Å². The summed E-state index contributed by atoms with van der Waals surface area (Å²) in [5, 5.41) is 0. The molecular formula is C20H20O4S2. The summed E-state index contributed by atoms with van der Waals surface area (Å²) in [6.07, 6.45) is 1.26. The molecule has 1 aliphatic rings. The lowest BCUT2D eigenvalue weighted by Gasteiger charge is -2.21. The van der Waals surface area contributed by atoms with Gasteiger partial charge in [-0.1, -0.05) is 24.3 Å². The van der Waals surface area contributed by atoms with Crippen LogP contribution in [0.1, 0.15) is 42.8 Å². The first-order valence-electron chi connectivity index (χ1n) is 8.35. The summed E-state index contributed by atoms with van der Waals surface area (Å²) in [4.78, 5) is 23.6. The summed E-state index contributed by atoms with van der Waals surface area (Å²) < 4.78 is 10.5. The number of carbonyl (C=O) groups excluding carboxylic acids is 2. The minimum Gasteiger partial charge on any atom is -0.465 e. The van der Waals surface area contributed by atoms with Gasteiger partial charge in [-0.25, -0.2) is 9.59 Å². The van der Waals surface area contributed by atoms with Crippen LogP contribution in [-0.4, -0.2) is 30.6 Å². The molecule has 0 N–H and O–H groups in total. The molecule has 1 heterocycles. The molecule has 0 unspecified atom stereocenters. The number of hydrogen-bond acceptors (Lipinski definition) is 6. The average molecular weight is 389 g/mol. The fourth-order valence-electron chi connectivity index (χ4n) is 2.54. The Bertz CT molecular complexity index is 750. The van der Waals surface area contributed by atoms with E-state index in [-0.39, 0.29) is 18.5 Å². The van der Waals surface area contributed by atoms with Crippen LogP contribution < -0.4 is 0 Å². The van der Waals surface area contributed by atoms with Crippen molar-refractivity contribution in [2.45, 2.75) is 17.6 Å². The monoisotopic (exact) mass is 388 g/mol. The zero-order chi connectivity index (χ0) is 18.4. The molecular weight excluding hydrogens is 368 g/mol. The Hall–Kier alpha value is -1.92. The largest absolute Gasteiger partial charge is 0.465 e. The van der Waals surface area contributed by atoms with Crippen LogP contribution in [0.25, 0.3) is 0 Å². The minimum atomic E-state index is -0.386. The predicted octanol–water partition coefficient (Wildman–Crippen LogP) is 4.70. The highest BCUT2D eigenvalue weighted by Gasteiger charge is 2.17. The molecule has 1 fully saturated rings. The number of esters is 2. The first-order chi connectivity index (χ1) is 12.7. The number of rotatable bonds is 5. The normalized spacial score (nSPS) is 14.7. The molecule has 2 aromatic carbocycles. The third-order valence-electron chi connectivity index (χ3n) is 3.99. The first-order valence-corrected chi connectivity index (χ1v) is 10.4. The molecule has 0 radical (unpaired) electrons. The maximum Gasteiger partial charge on any atom is 0.338 e. The molecule has 1 saturated heterocycles. The molecule has 0 aromatic heterocycles. The third-order valence-corrected chi connectivity index (χ3v) is 7.01. The van der Waals surface area contributed by atoms with Crippen LogP contribution in [-0.2, 0) is 16.1 Å². The second-order valence-electron chi connectivity index (χ2n) is 5.81. The van der Waals surface area contributed by atoms with Gasteiger partial charge in [0.05, 0.1) is 22.8 Å². The van der Waals surface area contributed by atoms with Crippen molar-refractivity contribution in [3.63, 3.8) is 0 Å². The van der Waals surface area contributed by atoms with Gasteiger partial charge in [-0.05, 0) is 53.3 Å². The molecule has 0 atom stereocenters. The highest BCUT2D eigenvalue weighted by atomic mass is 32.2. The number of methoxy groups -OCH3 is 1. The number of thioether (sulfide) groups is 2. The lowest BCUT2D eigenvalue weighted by Crippen LogP contribution is -2.06. The van der Waals surface area contributed by atoms with Crippen LogP contribution in [0.4, 0.5) is 0 Å². The summed E-state index contributed by atoms with van der Waals surface area (Å²) in [6.45, 7) is 0.163. The molecule has 136 valence electrons. The molecule has 0 bridgehead atoms. The van der Waals surface area contributed by atoms with Crippen molar-refractivity contribution in [3.05, 3.63) is 70.8 Å². The molecule has 0 amide bonds. The zero-order valence-electron chi connectivity index (χ0n) is 14.5. The van der Waals surface area contributed by atoms with Crippen molar-refractivity contribution in [3.8, 4) is 0 Å². The quantitative estimate of drug-likeness (QED) is 0.692. The molecule has 0 spiro atoms. The second kappa shape index (κ2) is 9.14. The van der Waals surface area contributed by atoms with E-state index in [2.05, 4.69) is 4.74 Å². The molecule has 0 saturated carbocycles. The smallest absolute Gasteiger partial charge is 0.338 e. The van der Waals surface area contributed by atoms with E-state index >= 15 is 0 Å². The minimum absolute atomic E-state index is 0.163. The highest BCUT2D eigenvalue weighted by Crippen LogP contribution is 2.43. The molecule has 1 aliphatic heterocycles. The highest BCUT2D eigenvalue weighted by molar-refractivity contribution is 8.16. The standard InChI is InChI=1S/C20H20O4S2/c1-23-18(21)15-5-3-14(4-6-15)13-24-19(22)16-7-9-17(10-8-16)20-25-11-2-12-26-20/h3-10,20H,2,11-13H2,1H3. The summed E-state index contributed by atoms with van der Waals surface area (Å²) in [5.41, 5.74) is 3.08. The molecule has 4 nitrogen and oxygen atoms in total. The Labute approximate surface area is 161 Å². The van der Waals surface area contributed by atoms with Crippen LogP contribution >= 0.6 is 23.5 Å². The van der Waals surface area contributed by atoms with Crippen molar-refractivity contribution in [2.24, 2.45) is 0 Å². The van der Waals surface area contributed by atoms with Gasteiger partial charge >= 0.3 is 11.9 Å².